The highest BCUT2D eigenvalue weighted by atomic mass is 32.1. The van der Waals surface area contributed by atoms with Gasteiger partial charge >= 0.3 is 0 Å². The smallest absolute Gasteiger partial charge is 0.281 e. The number of para-hydroxylation sites is 1. The number of hydrogen-bond acceptors (Lipinski definition) is 4. The van der Waals surface area contributed by atoms with E-state index in [4.69, 9.17) is 12.2 Å². The monoisotopic (exact) mass is 312 g/mol. The average molecular weight is 312 g/mol. The normalized spacial score (nSPS) is 16.2. The number of benzene rings is 2. The molecule has 2 aromatic rings. The third-order valence-corrected chi connectivity index (χ3v) is 3.49. The second-order valence-corrected chi connectivity index (χ2v) is 5.10. The topological polar surface area (TPSA) is 72.8 Å². The van der Waals surface area contributed by atoms with Gasteiger partial charge in [0.05, 0.1) is 5.69 Å². The summed E-state index contributed by atoms with van der Waals surface area (Å²) in [4.78, 5) is 13.9. The molecule has 0 bridgehead atoms. The van der Waals surface area contributed by atoms with Crippen molar-refractivity contribution in [2.24, 2.45) is 0 Å². The van der Waals surface area contributed by atoms with Crippen molar-refractivity contribution >= 4 is 35.0 Å². The zero-order chi connectivity index (χ0) is 15.7. The standard InChI is InChI=1S/C16H12N2O3S/c19-13-7-6-10(9-14(13)20)8-12-15(21)18(16(22)17-12)11-4-2-1-3-5-11/h1-9,19-20H,(H,17,22)/b12-8-. The van der Waals surface area contributed by atoms with Crippen molar-refractivity contribution in [1.29, 1.82) is 0 Å². The van der Waals surface area contributed by atoms with E-state index < -0.39 is 0 Å². The van der Waals surface area contributed by atoms with Gasteiger partial charge in [-0.25, -0.2) is 0 Å². The Morgan fingerprint density at radius 1 is 1.05 bits per heavy atom. The molecule has 3 rings (SSSR count). The van der Waals surface area contributed by atoms with Gasteiger partial charge in [-0.15, -0.1) is 0 Å². The van der Waals surface area contributed by atoms with Crippen molar-refractivity contribution in [2.45, 2.75) is 0 Å². The molecule has 6 heteroatoms. The van der Waals surface area contributed by atoms with Crippen LogP contribution in [0.3, 0.4) is 0 Å². The van der Waals surface area contributed by atoms with Gasteiger partial charge in [0.2, 0.25) is 0 Å². The van der Waals surface area contributed by atoms with E-state index in [0.717, 1.165) is 0 Å². The van der Waals surface area contributed by atoms with Crippen LogP contribution in [-0.2, 0) is 4.79 Å². The Kier molecular flexibility index (Phi) is 3.52. The van der Waals surface area contributed by atoms with Crippen molar-refractivity contribution in [2.75, 3.05) is 4.90 Å². The Balaban J connectivity index is 1.93. The van der Waals surface area contributed by atoms with E-state index in [1.807, 2.05) is 18.2 Å². The number of nitrogens with one attached hydrogen (secondary N) is 1. The number of amides is 1. The molecule has 0 unspecified atom stereocenters. The van der Waals surface area contributed by atoms with Crippen LogP contribution in [0.25, 0.3) is 6.08 Å². The Labute approximate surface area is 132 Å². The molecule has 2 aromatic carbocycles. The van der Waals surface area contributed by atoms with E-state index in [0.29, 0.717) is 22.1 Å². The highest BCUT2D eigenvalue weighted by Gasteiger charge is 2.31. The molecule has 1 heterocycles. The zero-order valence-corrected chi connectivity index (χ0v) is 12.2. The fourth-order valence-electron chi connectivity index (χ4n) is 2.14. The lowest BCUT2D eigenvalue weighted by Crippen LogP contribution is -2.30. The van der Waals surface area contributed by atoms with Crippen LogP contribution >= 0.6 is 12.2 Å². The van der Waals surface area contributed by atoms with Crippen molar-refractivity contribution in [1.82, 2.24) is 5.32 Å². The third-order valence-electron chi connectivity index (χ3n) is 3.20. The molecule has 1 aliphatic rings. The molecule has 22 heavy (non-hydrogen) atoms. The van der Waals surface area contributed by atoms with Crippen LogP contribution in [0.15, 0.2) is 54.2 Å². The summed E-state index contributed by atoms with van der Waals surface area (Å²) in [5, 5.41) is 22.0. The quantitative estimate of drug-likeness (QED) is 0.451. The van der Waals surface area contributed by atoms with Gasteiger partial charge in [0.25, 0.3) is 5.91 Å². The fraction of sp³-hybridized carbons (Fsp3) is 0. The van der Waals surface area contributed by atoms with Gasteiger partial charge in [-0.2, -0.15) is 0 Å². The van der Waals surface area contributed by atoms with Gasteiger partial charge in [0.1, 0.15) is 5.70 Å². The number of carbonyl (C=O) groups excluding carboxylic acids is 1. The van der Waals surface area contributed by atoms with E-state index in [9.17, 15) is 15.0 Å². The van der Waals surface area contributed by atoms with Crippen LogP contribution in [0.2, 0.25) is 0 Å². The van der Waals surface area contributed by atoms with Crippen molar-refractivity contribution < 1.29 is 15.0 Å². The zero-order valence-electron chi connectivity index (χ0n) is 11.4. The minimum atomic E-state index is -0.274. The van der Waals surface area contributed by atoms with E-state index >= 15 is 0 Å². The van der Waals surface area contributed by atoms with Crippen LogP contribution in [-0.4, -0.2) is 21.2 Å². The minimum absolute atomic E-state index is 0.214. The van der Waals surface area contributed by atoms with Crippen molar-refractivity contribution in [3.63, 3.8) is 0 Å². The molecule has 1 saturated heterocycles. The lowest BCUT2D eigenvalue weighted by Gasteiger charge is -2.13. The molecule has 0 saturated carbocycles. The number of phenolic OH excluding ortho intramolecular Hbond substituents is 2. The van der Waals surface area contributed by atoms with Crippen LogP contribution in [0.4, 0.5) is 5.69 Å². The van der Waals surface area contributed by atoms with Gasteiger partial charge in [-0.3, -0.25) is 9.69 Å². The molecule has 1 aliphatic heterocycles. The second kappa shape index (κ2) is 5.50. The van der Waals surface area contributed by atoms with Crippen LogP contribution in [0.5, 0.6) is 11.5 Å². The van der Waals surface area contributed by atoms with E-state index in [1.54, 1.807) is 24.3 Å². The van der Waals surface area contributed by atoms with E-state index in [-0.39, 0.29) is 17.4 Å². The molecular weight excluding hydrogens is 300 g/mol. The molecular formula is C16H12N2O3S. The Hall–Kier alpha value is -2.86. The molecule has 1 amide bonds. The molecule has 110 valence electrons. The van der Waals surface area contributed by atoms with Crippen molar-refractivity contribution in [3.05, 3.63) is 59.8 Å². The number of carbonyl (C=O) groups is 1. The average Bonchev–Trinajstić information content (AvgIpc) is 2.78. The second-order valence-electron chi connectivity index (χ2n) is 4.71. The van der Waals surface area contributed by atoms with Crippen molar-refractivity contribution in [3.8, 4) is 11.5 Å². The minimum Gasteiger partial charge on any atom is -0.504 e. The summed E-state index contributed by atoms with van der Waals surface area (Å²) in [6, 6.07) is 13.4. The van der Waals surface area contributed by atoms with Gasteiger partial charge < -0.3 is 15.5 Å². The van der Waals surface area contributed by atoms with E-state index in [1.165, 1.54) is 17.0 Å². The predicted molar refractivity (Wildman–Crippen MR) is 87.4 cm³/mol. The number of anilines is 1. The summed E-state index contributed by atoms with van der Waals surface area (Å²) >= 11 is 5.20. The first kappa shape index (κ1) is 14.1. The predicted octanol–water partition coefficient (Wildman–Crippen LogP) is 2.36. The number of hydrogen-bond donors (Lipinski definition) is 3. The van der Waals surface area contributed by atoms with Crippen LogP contribution in [0, 0.1) is 0 Å². The Morgan fingerprint density at radius 2 is 1.77 bits per heavy atom. The molecule has 0 radical (unpaired) electrons. The van der Waals surface area contributed by atoms with Gasteiger partial charge in [0.15, 0.2) is 16.6 Å². The maximum atomic E-state index is 12.5. The summed E-state index contributed by atoms with van der Waals surface area (Å²) < 4.78 is 0. The molecule has 5 nitrogen and oxygen atoms in total. The summed E-state index contributed by atoms with van der Waals surface area (Å²) in [5.41, 5.74) is 1.56. The molecule has 3 N–H and O–H groups in total. The Bertz CT molecular complexity index is 787. The van der Waals surface area contributed by atoms with Gasteiger partial charge in [-0.05, 0) is 48.1 Å². The largest absolute Gasteiger partial charge is 0.504 e. The number of phenols is 2. The number of thiocarbonyl (C=S) groups is 1. The SMILES string of the molecule is O=C1/C(=C/c2ccc(O)c(O)c2)NC(=S)N1c1ccccc1. The Morgan fingerprint density at radius 3 is 2.45 bits per heavy atom. The molecule has 1 fully saturated rings. The first-order valence-corrected chi connectivity index (χ1v) is 6.91. The summed E-state index contributed by atoms with van der Waals surface area (Å²) in [6.45, 7) is 0. The lowest BCUT2D eigenvalue weighted by molar-refractivity contribution is -0.113. The highest BCUT2D eigenvalue weighted by molar-refractivity contribution is 7.80. The maximum absolute atomic E-state index is 12.5. The third kappa shape index (κ3) is 2.51. The highest BCUT2D eigenvalue weighted by Crippen LogP contribution is 2.27. The van der Waals surface area contributed by atoms with E-state index in [2.05, 4.69) is 5.32 Å². The number of aromatic hydroxyl groups is 2. The maximum Gasteiger partial charge on any atom is 0.281 e. The first-order valence-electron chi connectivity index (χ1n) is 6.50. The summed E-state index contributed by atoms with van der Waals surface area (Å²) in [7, 11) is 0. The molecule has 0 aliphatic carbocycles. The lowest BCUT2D eigenvalue weighted by atomic mass is 10.1. The molecule has 0 atom stereocenters. The summed E-state index contributed by atoms with van der Waals surface area (Å²) in [5.74, 6) is -0.736. The molecule has 0 spiro atoms. The fourth-order valence-corrected chi connectivity index (χ4v) is 2.44. The molecule has 0 aromatic heterocycles. The number of rotatable bonds is 2. The number of nitrogens with zero attached hydrogens (tertiary/aromatic N) is 1. The summed E-state index contributed by atoms with van der Waals surface area (Å²) in [6.07, 6.45) is 1.57. The van der Waals surface area contributed by atoms with Gasteiger partial charge in [-0.1, -0.05) is 24.3 Å². The van der Waals surface area contributed by atoms with Crippen LogP contribution < -0.4 is 10.2 Å². The van der Waals surface area contributed by atoms with Crippen LogP contribution in [0.1, 0.15) is 5.56 Å². The van der Waals surface area contributed by atoms with Gasteiger partial charge in [0, 0.05) is 0 Å². The first-order chi connectivity index (χ1) is 10.6.